The van der Waals surface area contributed by atoms with Gasteiger partial charge in [0.1, 0.15) is 5.76 Å². The van der Waals surface area contributed by atoms with Crippen LogP contribution in [0.3, 0.4) is 0 Å². The Balaban J connectivity index is 2.87. The van der Waals surface area contributed by atoms with Crippen molar-refractivity contribution >= 4 is 26.7 Å². The van der Waals surface area contributed by atoms with Gasteiger partial charge in [0.15, 0.2) is 0 Å². The van der Waals surface area contributed by atoms with Crippen molar-refractivity contribution in [1.82, 2.24) is 0 Å². The van der Waals surface area contributed by atoms with E-state index in [-0.39, 0.29) is 0 Å². The first-order valence-corrected chi connectivity index (χ1v) is 4.20. The summed E-state index contributed by atoms with van der Waals surface area (Å²) in [5, 5.41) is 2.34. The molecule has 0 atom stereocenters. The summed E-state index contributed by atoms with van der Waals surface area (Å²) in [7, 11) is 0. The molecule has 0 N–H and O–H groups in total. The maximum atomic E-state index is 5.25. The molecule has 56 valence electrons. The van der Waals surface area contributed by atoms with Crippen molar-refractivity contribution in [2.45, 2.75) is 6.92 Å². The van der Waals surface area contributed by atoms with Crippen LogP contribution >= 0.6 is 15.9 Å². The van der Waals surface area contributed by atoms with Crippen LogP contribution < -0.4 is 0 Å². The van der Waals surface area contributed by atoms with E-state index >= 15 is 0 Å². The maximum Gasteiger partial charge on any atom is 0.108 e. The van der Waals surface area contributed by atoms with E-state index in [4.69, 9.17) is 4.42 Å². The van der Waals surface area contributed by atoms with Gasteiger partial charge in [0, 0.05) is 15.2 Å². The summed E-state index contributed by atoms with van der Waals surface area (Å²) >= 11 is 3.41. The molecular weight excluding hydrogens is 204 g/mol. The Hall–Kier alpha value is -0.760. The molecule has 2 aromatic rings. The third kappa shape index (κ3) is 1.07. The molecule has 1 aromatic carbocycles. The fourth-order valence-corrected chi connectivity index (χ4v) is 1.51. The average Bonchev–Trinajstić information content (AvgIpc) is 2.33. The van der Waals surface area contributed by atoms with Gasteiger partial charge in [-0.1, -0.05) is 22.0 Å². The molecule has 0 amide bonds. The average molecular weight is 211 g/mol. The second-order valence-electron chi connectivity index (χ2n) is 2.52. The molecule has 0 aliphatic carbocycles. The Bertz CT molecular complexity index is 389. The zero-order valence-corrected chi connectivity index (χ0v) is 7.68. The first-order chi connectivity index (χ1) is 5.27. The third-order valence-electron chi connectivity index (χ3n) is 1.76. The molecule has 11 heavy (non-hydrogen) atoms. The first kappa shape index (κ1) is 6.92. The van der Waals surface area contributed by atoms with Gasteiger partial charge in [-0.3, -0.25) is 0 Å². The molecule has 0 saturated heterocycles. The van der Waals surface area contributed by atoms with E-state index in [0.29, 0.717) is 0 Å². The van der Waals surface area contributed by atoms with Crippen LogP contribution in [-0.2, 0) is 0 Å². The molecule has 0 saturated carbocycles. The Morgan fingerprint density at radius 3 is 3.00 bits per heavy atom. The van der Waals surface area contributed by atoms with Crippen LogP contribution in [0.25, 0.3) is 10.8 Å². The lowest BCUT2D eigenvalue weighted by atomic mass is 10.2. The number of furan rings is 1. The third-order valence-corrected chi connectivity index (χ3v) is 2.25. The number of fused-ring (bicyclic) bond motifs is 1. The van der Waals surface area contributed by atoms with Gasteiger partial charge in [-0.25, -0.2) is 0 Å². The molecule has 0 spiro atoms. The summed E-state index contributed by atoms with van der Waals surface area (Å²) in [5.41, 5.74) is 0. The van der Waals surface area contributed by atoms with Gasteiger partial charge in [-0.2, -0.15) is 0 Å². The number of aryl methyl sites for hydroxylation is 1. The van der Waals surface area contributed by atoms with Crippen molar-refractivity contribution in [1.29, 1.82) is 0 Å². The van der Waals surface area contributed by atoms with Gasteiger partial charge < -0.3 is 4.42 Å². The lowest BCUT2D eigenvalue weighted by Crippen LogP contribution is -1.67. The lowest BCUT2D eigenvalue weighted by Gasteiger charge is -1.89. The molecule has 0 radical (unpaired) electrons. The number of benzene rings is 1. The minimum atomic E-state index is 0.973. The Kier molecular flexibility index (Phi) is 1.50. The highest BCUT2D eigenvalue weighted by molar-refractivity contribution is 9.10. The molecule has 2 rings (SSSR count). The molecule has 1 heterocycles. The highest BCUT2D eigenvalue weighted by Crippen LogP contribution is 2.23. The standard InChI is InChI=1S/C9H7BrO/c1-6-9-4-8(10)3-2-7(9)5-11-6/h2-5H,1H3. The molecule has 2 heteroatoms. The Morgan fingerprint density at radius 1 is 1.36 bits per heavy atom. The van der Waals surface area contributed by atoms with Crippen LogP contribution in [-0.4, -0.2) is 0 Å². The topological polar surface area (TPSA) is 13.1 Å². The minimum absolute atomic E-state index is 0.973. The van der Waals surface area contributed by atoms with Crippen LogP contribution in [0.4, 0.5) is 0 Å². The number of hydrogen-bond donors (Lipinski definition) is 0. The maximum absolute atomic E-state index is 5.25. The molecule has 0 fully saturated rings. The summed E-state index contributed by atoms with van der Waals surface area (Å²) in [6.45, 7) is 1.97. The first-order valence-electron chi connectivity index (χ1n) is 3.41. The number of rotatable bonds is 0. The van der Waals surface area contributed by atoms with E-state index in [2.05, 4.69) is 22.0 Å². The highest BCUT2D eigenvalue weighted by Gasteiger charge is 2.00. The molecular formula is C9H7BrO. The Morgan fingerprint density at radius 2 is 2.18 bits per heavy atom. The normalized spacial score (nSPS) is 10.7. The molecule has 0 aliphatic rings. The molecule has 0 bridgehead atoms. The van der Waals surface area contributed by atoms with Crippen LogP contribution in [0.5, 0.6) is 0 Å². The van der Waals surface area contributed by atoms with Crippen molar-refractivity contribution in [3.8, 4) is 0 Å². The van der Waals surface area contributed by atoms with E-state index in [9.17, 15) is 0 Å². The largest absolute Gasteiger partial charge is 0.468 e. The Labute approximate surface area is 73.1 Å². The predicted molar refractivity (Wildman–Crippen MR) is 48.7 cm³/mol. The second-order valence-corrected chi connectivity index (χ2v) is 3.44. The molecule has 1 aromatic heterocycles. The van der Waals surface area contributed by atoms with Gasteiger partial charge in [0.05, 0.1) is 6.26 Å². The summed E-state index contributed by atoms with van der Waals surface area (Å²) in [6.07, 6.45) is 1.77. The van der Waals surface area contributed by atoms with Crippen LogP contribution in [0.15, 0.2) is 33.4 Å². The van der Waals surface area contributed by atoms with Crippen molar-refractivity contribution in [2.75, 3.05) is 0 Å². The van der Waals surface area contributed by atoms with Gasteiger partial charge in [0.25, 0.3) is 0 Å². The zero-order valence-electron chi connectivity index (χ0n) is 6.10. The van der Waals surface area contributed by atoms with Gasteiger partial charge in [-0.15, -0.1) is 0 Å². The van der Waals surface area contributed by atoms with E-state index in [1.807, 2.05) is 19.1 Å². The van der Waals surface area contributed by atoms with Crippen LogP contribution in [0.1, 0.15) is 5.76 Å². The van der Waals surface area contributed by atoms with E-state index in [1.165, 1.54) is 5.39 Å². The monoisotopic (exact) mass is 210 g/mol. The van der Waals surface area contributed by atoms with Gasteiger partial charge in [0.2, 0.25) is 0 Å². The van der Waals surface area contributed by atoms with E-state index < -0.39 is 0 Å². The fourth-order valence-electron chi connectivity index (χ4n) is 1.15. The zero-order chi connectivity index (χ0) is 7.84. The van der Waals surface area contributed by atoms with Crippen LogP contribution in [0.2, 0.25) is 0 Å². The minimum Gasteiger partial charge on any atom is -0.468 e. The van der Waals surface area contributed by atoms with E-state index in [1.54, 1.807) is 6.26 Å². The highest BCUT2D eigenvalue weighted by atomic mass is 79.9. The smallest absolute Gasteiger partial charge is 0.108 e. The van der Waals surface area contributed by atoms with Crippen LogP contribution in [0, 0.1) is 6.92 Å². The summed E-state index contributed by atoms with van der Waals surface area (Å²) in [5.74, 6) is 0.973. The quantitative estimate of drug-likeness (QED) is 0.649. The summed E-state index contributed by atoms with van der Waals surface area (Å²) in [4.78, 5) is 0. The second kappa shape index (κ2) is 2.38. The van der Waals surface area contributed by atoms with Gasteiger partial charge in [-0.05, 0) is 19.1 Å². The van der Waals surface area contributed by atoms with Crippen molar-refractivity contribution in [3.05, 3.63) is 34.7 Å². The summed E-state index contributed by atoms with van der Waals surface area (Å²) in [6, 6.07) is 6.11. The van der Waals surface area contributed by atoms with Crippen molar-refractivity contribution < 1.29 is 4.42 Å². The number of hydrogen-bond acceptors (Lipinski definition) is 1. The number of halogens is 1. The SMILES string of the molecule is Cc1occ2ccc(Br)cc12. The van der Waals surface area contributed by atoms with E-state index in [0.717, 1.165) is 15.6 Å². The fraction of sp³-hybridized carbons (Fsp3) is 0.111. The van der Waals surface area contributed by atoms with Gasteiger partial charge >= 0.3 is 0 Å². The molecule has 0 unspecified atom stereocenters. The molecule has 0 aliphatic heterocycles. The lowest BCUT2D eigenvalue weighted by molar-refractivity contribution is 0.540. The summed E-state index contributed by atoms with van der Waals surface area (Å²) < 4.78 is 6.34. The van der Waals surface area contributed by atoms with Crippen molar-refractivity contribution in [3.63, 3.8) is 0 Å². The van der Waals surface area contributed by atoms with Crippen molar-refractivity contribution in [2.24, 2.45) is 0 Å². The molecule has 1 nitrogen and oxygen atoms in total. The predicted octanol–water partition coefficient (Wildman–Crippen LogP) is 3.50.